The molecule has 0 spiro atoms. The van der Waals surface area contributed by atoms with Crippen molar-refractivity contribution in [3.8, 4) is 0 Å². The minimum absolute atomic E-state index is 0.0435. The molecule has 0 saturated carbocycles. The van der Waals surface area contributed by atoms with E-state index in [9.17, 15) is 5.11 Å². The standard InChI is InChI=1S/C15H14ClOP/c1-10-6-8-12(9-7-10)18-15(17)14-11(2)4-3-5-13(14)16/h3-9,17H,1-2H3/p-1. The molecule has 92 valence electrons. The van der Waals surface area contributed by atoms with Gasteiger partial charge in [-0.3, -0.25) is 0 Å². The van der Waals surface area contributed by atoms with E-state index in [4.69, 9.17) is 11.6 Å². The van der Waals surface area contributed by atoms with Gasteiger partial charge in [-0.1, -0.05) is 61.8 Å². The maximum Gasteiger partial charge on any atom is 0.0474 e. The predicted octanol–water partition coefficient (Wildman–Crippen LogP) is 3.07. The van der Waals surface area contributed by atoms with Crippen LogP contribution >= 0.6 is 19.8 Å². The Bertz CT molecular complexity index is 568. The Kier molecular flexibility index (Phi) is 4.19. The molecule has 1 nitrogen and oxygen atoms in total. The van der Waals surface area contributed by atoms with Crippen molar-refractivity contribution in [1.29, 1.82) is 0 Å². The second-order valence-electron chi connectivity index (χ2n) is 4.18. The Morgan fingerprint density at radius 3 is 2.33 bits per heavy atom. The second-order valence-corrected chi connectivity index (χ2v) is 5.74. The molecule has 18 heavy (non-hydrogen) atoms. The molecule has 0 heterocycles. The SMILES string of the molecule is Cc1ccc(P=C([O-])c2c(C)cccc2Cl)cc1. The van der Waals surface area contributed by atoms with Crippen LogP contribution < -0.4 is 10.4 Å². The molecule has 0 aliphatic rings. The Morgan fingerprint density at radius 1 is 1.06 bits per heavy atom. The third-order valence-electron chi connectivity index (χ3n) is 2.70. The van der Waals surface area contributed by atoms with Crippen LogP contribution in [0.5, 0.6) is 0 Å². The second kappa shape index (κ2) is 5.67. The molecule has 0 atom stereocenters. The lowest BCUT2D eigenvalue weighted by Gasteiger charge is -2.16. The van der Waals surface area contributed by atoms with Crippen LogP contribution in [0.25, 0.3) is 0 Å². The minimum atomic E-state index is 0.0435. The first kappa shape index (κ1) is 13.3. The van der Waals surface area contributed by atoms with Crippen LogP contribution in [-0.2, 0) is 0 Å². The van der Waals surface area contributed by atoms with Crippen molar-refractivity contribution in [2.75, 3.05) is 0 Å². The van der Waals surface area contributed by atoms with Crippen molar-refractivity contribution in [3.63, 3.8) is 0 Å². The van der Waals surface area contributed by atoms with Gasteiger partial charge < -0.3 is 5.11 Å². The first-order chi connectivity index (χ1) is 8.58. The molecule has 0 aliphatic heterocycles. The Labute approximate surface area is 114 Å². The van der Waals surface area contributed by atoms with E-state index in [2.05, 4.69) is 0 Å². The molecule has 0 fully saturated rings. The topological polar surface area (TPSA) is 23.1 Å². The first-order valence-electron chi connectivity index (χ1n) is 5.66. The van der Waals surface area contributed by atoms with Crippen LogP contribution in [0, 0.1) is 13.8 Å². The smallest absolute Gasteiger partial charge is 0.0474 e. The normalized spacial score (nSPS) is 11.7. The number of rotatable bonds is 2. The summed E-state index contributed by atoms with van der Waals surface area (Å²) in [7, 11) is 0.666. The molecule has 2 rings (SSSR count). The van der Waals surface area contributed by atoms with Crippen LogP contribution in [-0.4, -0.2) is 5.48 Å². The van der Waals surface area contributed by atoms with E-state index in [0.717, 1.165) is 10.9 Å². The van der Waals surface area contributed by atoms with Crippen molar-refractivity contribution in [1.82, 2.24) is 0 Å². The van der Waals surface area contributed by atoms with E-state index in [1.165, 1.54) is 5.56 Å². The number of halogens is 1. The van der Waals surface area contributed by atoms with E-state index < -0.39 is 0 Å². The predicted molar refractivity (Wildman–Crippen MR) is 78.0 cm³/mol. The quantitative estimate of drug-likeness (QED) is 0.773. The summed E-state index contributed by atoms with van der Waals surface area (Å²) < 4.78 is 0. The summed E-state index contributed by atoms with van der Waals surface area (Å²) in [4.78, 5) is 0. The highest BCUT2D eigenvalue weighted by Gasteiger charge is 2.02. The summed E-state index contributed by atoms with van der Waals surface area (Å²) in [6, 6.07) is 13.5. The van der Waals surface area contributed by atoms with Gasteiger partial charge in [-0.25, -0.2) is 0 Å². The van der Waals surface area contributed by atoms with Crippen molar-refractivity contribution >= 4 is 30.6 Å². The fourth-order valence-electron chi connectivity index (χ4n) is 1.70. The fraction of sp³-hybridized carbons (Fsp3) is 0.133. The van der Waals surface area contributed by atoms with Crippen LogP contribution in [0.2, 0.25) is 5.02 Å². The zero-order valence-corrected chi connectivity index (χ0v) is 11.9. The lowest BCUT2D eigenvalue weighted by molar-refractivity contribution is -0.207. The molecule has 2 aromatic rings. The van der Waals surface area contributed by atoms with Gasteiger partial charge in [0.25, 0.3) is 0 Å². The molecule has 0 bridgehead atoms. The van der Waals surface area contributed by atoms with Crippen molar-refractivity contribution < 1.29 is 5.11 Å². The van der Waals surface area contributed by atoms with Gasteiger partial charge in [0.05, 0.1) is 0 Å². The third-order valence-corrected chi connectivity index (χ3v) is 4.00. The molecule has 0 amide bonds. The van der Waals surface area contributed by atoms with Crippen molar-refractivity contribution in [3.05, 3.63) is 64.2 Å². The molecule has 0 N–H and O–H groups in total. The van der Waals surface area contributed by atoms with Gasteiger partial charge in [0, 0.05) is 10.3 Å². The third kappa shape index (κ3) is 3.00. The van der Waals surface area contributed by atoms with Crippen LogP contribution in [0.3, 0.4) is 0 Å². The molecular formula is C15H13ClOP-. The van der Waals surface area contributed by atoms with Crippen molar-refractivity contribution in [2.45, 2.75) is 13.8 Å². The number of benzene rings is 2. The lowest BCUT2D eigenvalue weighted by Crippen LogP contribution is -2.19. The van der Waals surface area contributed by atoms with Gasteiger partial charge in [0.1, 0.15) is 0 Å². The van der Waals surface area contributed by atoms with Crippen LogP contribution in [0.4, 0.5) is 0 Å². The number of hydrogen-bond donors (Lipinski definition) is 0. The van der Waals surface area contributed by atoms with E-state index in [1.807, 2.05) is 50.2 Å². The summed E-state index contributed by atoms with van der Waals surface area (Å²) in [5.41, 5.74) is 2.78. The van der Waals surface area contributed by atoms with E-state index >= 15 is 0 Å². The Hall–Kier alpha value is -1.14. The van der Waals surface area contributed by atoms with Gasteiger partial charge in [-0.15, -0.1) is 5.48 Å². The van der Waals surface area contributed by atoms with Gasteiger partial charge in [-0.2, -0.15) is 0 Å². The molecule has 0 saturated heterocycles. The first-order valence-corrected chi connectivity index (χ1v) is 6.93. The van der Waals surface area contributed by atoms with Gasteiger partial charge in [-0.05, 0) is 31.0 Å². The molecule has 0 unspecified atom stereocenters. The highest BCUT2D eigenvalue weighted by atomic mass is 35.5. The van der Waals surface area contributed by atoms with E-state index in [-0.39, 0.29) is 5.48 Å². The Balaban J connectivity index is 2.42. The minimum Gasteiger partial charge on any atom is -0.823 e. The van der Waals surface area contributed by atoms with E-state index in [1.54, 1.807) is 6.07 Å². The lowest BCUT2D eigenvalue weighted by atomic mass is 10.1. The average molecular weight is 276 g/mol. The summed E-state index contributed by atoms with van der Waals surface area (Å²) in [6.45, 7) is 3.93. The average Bonchev–Trinajstić information content (AvgIpc) is 2.32. The molecular weight excluding hydrogens is 263 g/mol. The van der Waals surface area contributed by atoms with Crippen LogP contribution in [0.1, 0.15) is 16.7 Å². The molecule has 3 heteroatoms. The summed E-state index contributed by atoms with van der Waals surface area (Å²) in [5, 5.41) is 13.8. The van der Waals surface area contributed by atoms with Crippen molar-refractivity contribution in [2.24, 2.45) is 0 Å². The number of aryl methyl sites for hydroxylation is 2. The zero-order valence-electron chi connectivity index (χ0n) is 10.3. The van der Waals surface area contributed by atoms with Gasteiger partial charge in [0.2, 0.25) is 0 Å². The largest absolute Gasteiger partial charge is 0.823 e. The van der Waals surface area contributed by atoms with Crippen LogP contribution in [0.15, 0.2) is 42.5 Å². The molecule has 0 aromatic heterocycles. The Morgan fingerprint density at radius 2 is 1.72 bits per heavy atom. The zero-order chi connectivity index (χ0) is 13.1. The summed E-state index contributed by atoms with van der Waals surface area (Å²) >= 11 is 6.09. The summed E-state index contributed by atoms with van der Waals surface area (Å²) in [5.74, 6) is 0. The van der Waals surface area contributed by atoms with Gasteiger partial charge in [0.15, 0.2) is 0 Å². The van der Waals surface area contributed by atoms with E-state index in [0.29, 0.717) is 18.8 Å². The fourth-order valence-corrected chi connectivity index (χ4v) is 3.01. The maximum absolute atomic E-state index is 12.2. The molecule has 0 aliphatic carbocycles. The maximum atomic E-state index is 12.2. The highest BCUT2D eigenvalue weighted by molar-refractivity contribution is 7.49. The molecule has 2 aromatic carbocycles. The molecule has 0 radical (unpaired) electrons. The monoisotopic (exact) mass is 275 g/mol. The number of hydrogen-bond acceptors (Lipinski definition) is 1. The van der Waals surface area contributed by atoms with Gasteiger partial charge >= 0.3 is 0 Å². The highest BCUT2D eigenvalue weighted by Crippen LogP contribution is 2.21. The summed E-state index contributed by atoms with van der Waals surface area (Å²) in [6.07, 6.45) is 0.